The molecule has 0 N–H and O–H groups in total. The van der Waals surface area contributed by atoms with Gasteiger partial charge < -0.3 is 0 Å². The van der Waals surface area contributed by atoms with Gasteiger partial charge in [-0.1, -0.05) is 30.3 Å². The fourth-order valence-electron chi connectivity index (χ4n) is 5.77. The lowest BCUT2D eigenvalue weighted by Gasteiger charge is -2.56. The number of hydrogen-bond acceptors (Lipinski definition) is 1. The number of hydrogen-bond donors (Lipinski definition) is 0. The normalized spacial score (nSPS) is 38.4. The number of rotatable bonds is 4. The SMILES string of the molecule is O=C(CC12CC3CC(CC(C3)C1)C2)C(Cl)c1ccccc1. The van der Waals surface area contributed by atoms with E-state index in [4.69, 9.17) is 11.6 Å². The van der Waals surface area contributed by atoms with Crippen LogP contribution < -0.4 is 0 Å². The van der Waals surface area contributed by atoms with Gasteiger partial charge in [-0.3, -0.25) is 4.79 Å². The van der Waals surface area contributed by atoms with Crippen molar-refractivity contribution in [1.82, 2.24) is 0 Å². The van der Waals surface area contributed by atoms with Crippen molar-refractivity contribution >= 4 is 17.4 Å². The Morgan fingerprint density at radius 3 is 2.10 bits per heavy atom. The molecule has 0 amide bonds. The van der Waals surface area contributed by atoms with Gasteiger partial charge in [0.15, 0.2) is 5.78 Å². The van der Waals surface area contributed by atoms with Crippen molar-refractivity contribution in [2.24, 2.45) is 23.2 Å². The topological polar surface area (TPSA) is 17.1 Å². The third kappa shape index (κ3) is 2.54. The van der Waals surface area contributed by atoms with Crippen LogP contribution in [0.5, 0.6) is 0 Å². The Morgan fingerprint density at radius 1 is 1.05 bits per heavy atom. The standard InChI is InChI=1S/C19H23ClO/c20-18(16-4-2-1-3-5-16)17(21)12-19-9-13-6-14(10-19)8-15(7-13)11-19/h1-5,13-15,18H,6-12H2. The molecular weight excluding hydrogens is 280 g/mol. The maximum Gasteiger partial charge on any atom is 0.155 e. The van der Waals surface area contributed by atoms with Crippen LogP contribution in [0.15, 0.2) is 30.3 Å². The van der Waals surface area contributed by atoms with E-state index in [1.807, 2.05) is 30.3 Å². The Balaban J connectivity index is 1.49. The fraction of sp³-hybridized carbons (Fsp3) is 0.632. The minimum Gasteiger partial charge on any atom is -0.298 e. The molecule has 2 heteroatoms. The number of carbonyl (C=O) groups excluding carboxylic acids is 1. The minimum absolute atomic E-state index is 0.241. The van der Waals surface area contributed by atoms with Crippen molar-refractivity contribution in [3.05, 3.63) is 35.9 Å². The summed E-state index contributed by atoms with van der Waals surface area (Å²) < 4.78 is 0. The third-order valence-corrected chi connectivity index (χ3v) is 6.58. The van der Waals surface area contributed by atoms with Gasteiger partial charge >= 0.3 is 0 Å². The van der Waals surface area contributed by atoms with Crippen molar-refractivity contribution in [2.45, 2.75) is 50.3 Å². The molecule has 4 aliphatic rings. The van der Waals surface area contributed by atoms with Crippen molar-refractivity contribution in [3.8, 4) is 0 Å². The summed E-state index contributed by atoms with van der Waals surface area (Å²) in [5, 5.41) is -0.459. The minimum atomic E-state index is -0.459. The van der Waals surface area contributed by atoms with E-state index in [0.717, 1.165) is 23.3 Å². The Kier molecular flexibility index (Phi) is 3.37. The van der Waals surface area contributed by atoms with Gasteiger partial charge in [-0.25, -0.2) is 0 Å². The summed E-state index contributed by atoms with van der Waals surface area (Å²) in [5.41, 5.74) is 1.25. The molecule has 4 bridgehead atoms. The molecule has 1 nitrogen and oxygen atoms in total. The lowest BCUT2D eigenvalue weighted by Crippen LogP contribution is -2.47. The Morgan fingerprint density at radius 2 is 1.57 bits per heavy atom. The highest BCUT2D eigenvalue weighted by molar-refractivity contribution is 6.31. The van der Waals surface area contributed by atoms with Crippen LogP contribution in [0, 0.1) is 23.2 Å². The summed E-state index contributed by atoms with van der Waals surface area (Å²) in [6.07, 6.45) is 8.83. The van der Waals surface area contributed by atoms with Crippen LogP contribution in [0.25, 0.3) is 0 Å². The molecule has 1 unspecified atom stereocenters. The van der Waals surface area contributed by atoms with E-state index in [0.29, 0.717) is 11.8 Å². The molecule has 0 heterocycles. The number of alkyl halides is 1. The molecule has 0 saturated heterocycles. The first-order chi connectivity index (χ1) is 10.1. The number of Topliss-reactive ketones (excluding diaryl/α,β-unsaturated/α-hetero) is 1. The zero-order valence-electron chi connectivity index (χ0n) is 12.4. The second kappa shape index (κ2) is 5.12. The summed E-state index contributed by atoms with van der Waals surface area (Å²) in [6, 6.07) is 9.83. The smallest absolute Gasteiger partial charge is 0.155 e. The van der Waals surface area contributed by atoms with Gasteiger partial charge in [0.05, 0.1) is 0 Å². The highest BCUT2D eigenvalue weighted by Gasteiger charge is 2.51. The average Bonchev–Trinajstić information content (AvgIpc) is 2.45. The highest BCUT2D eigenvalue weighted by atomic mass is 35.5. The maximum atomic E-state index is 12.7. The molecule has 1 atom stereocenters. The van der Waals surface area contributed by atoms with Crippen LogP contribution in [-0.4, -0.2) is 5.78 Å². The molecule has 0 aliphatic heterocycles. The predicted molar refractivity (Wildman–Crippen MR) is 85.3 cm³/mol. The summed E-state index contributed by atoms with van der Waals surface area (Å²) >= 11 is 6.45. The number of ketones is 1. The zero-order valence-corrected chi connectivity index (χ0v) is 13.2. The summed E-state index contributed by atoms with van der Waals surface area (Å²) in [5.74, 6) is 2.93. The quantitative estimate of drug-likeness (QED) is 0.704. The van der Waals surface area contributed by atoms with Crippen LogP contribution in [0.1, 0.15) is 55.9 Å². The van der Waals surface area contributed by atoms with Crippen LogP contribution in [0.2, 0.25) is 0 Å². The van der Waals surface area contributed by atoms with Gasteiger partial charge in [-0.05, 0) is 67.3 Å². The molecule has 21 heavy (non-hydrogen) atoms. The Hall–Kier alpha value is -0.820. The number of benzene rings is 1. The molecule has 0 spiro atoms. The first-order valence-electron chi connectivity index (χ1n) is 8.35. The predicted octanol–water partition coefficient (Wildman–Crippen LogP) is 5.14. The van der Waals surface area contributed by atoms with E-state index < -0.39 is 5.38 Å². The van der Waals surface area contributed by atoms with Crippen LogP contribution >= 0.6 is 11.6 Å². The second-order valence-corrected chi connectivity index (χ2v) is 8.27. The van der Waals surface area contributed by atoms with Gasteiger partial charge in [0.1, 0.15) is 5.38 Å². The molecule has 4 fully saturated rings. The van der Waals surface area contributed by atoms with Gasteiger partial charge in [0.25, 0.3) is 0 Å². The average molecular weight is 303 g/mol. The van der Waals surface area contributed by atoms with Gasteiger partial charge in [0, 0.05) is 6.42 Å². The zero-order chi connectivity index (χ0) is 14.4. The van der Waals surface area contributed by atoms with E-state index in [1.54, 1.807) is 0 Å². The van der Waals surface area contributed by atoms with Gasteiger partial charge in [0.2, 0.25) is 0 Å². The summed E-state index contributed by atoms with van der Waals surface area (Å²) in [7, 11) is 0. The van der Waals surface area contributed by atoms with E-state index in [9.17, 15) is 4.79 Å². The molecule has 0 radical (unpaired) electrons. The number of halogens is 1. The first-order valence-corrected chi connectivity index (χ1v) is 8.79. The highest BCUT2D eigenvalue weighted by Crippen LogP contribution is 2.61. The molecular formula is C19H23ClO. The summed E-state index contributed by atoms with van der Waals surface area (Å²) in [6.45, 7) is 0. The first kappa shape index (κ1) is 13.8. The van der Waals surface area contributed by atoms with Gasteiger partial charge in [-0.15, -0.1) is 11.6 Å². The van der Waals surface area contributed by atoms with Crippen molar-refractivity contribution in [3.63, 3.8) is 0 Å². The van der Waals surface area contributed by atoms with E-state index in [1.165, 1.54) is 38.5 Å². The van der Waals surface area contributed by atoms with Crippen LogP contribution in [0.3, 0.4) is 0 Å². The fourth-order valence-corrected chi connectivity index (χ4v) is 6.00. The van der Waals surface area contributed by atoms with E-state index in [-0.39, 0.29) is 5.78 Å². The lowest BCUT2D eigenvalue weighted by molar-refractivity contribution is -0.127. The van der Waals surface area contributed by atoms with E-state index in [2.05, 4.69) is 0 Å². The van der Waals surface area contributed by atoms with Crippen LogP contribution in [-0.2, 0) is 4.79 Å². The van der Waals surface area contributed by atoms with Crippen molar-refractivity contribution in [2.75, 3.05) is 0 Å². The molecule has 1 aromatic rings. The van der Waals surface area contributed by atoms with E-state index >= 15 is 0 Å². The number of carbonyl (C=O) groups is 1. The monoisotopic (exact) mass is 302 g/mol. The Labute approximate surface area is 132 Å². The molecule has 1 aromatic carbocycles. The Bertz CT molecular complexity index is 500. The molecule has 5 rings (SSSR count). The summed E-state index contributed by atoms with van der Waals surface area (Å²) in [4.78, 5) is 12.7. The van der Waals surface area contributed by atoms with Gasteiger partial charge in [-0.2, -0.15) is 0 Å². The second-order valence-electron chi connectivity index (χ2n) is 7.83. The lowest BCUT2D eigenvalue weighted by atomic mass is 9.48. The largest absolute Gasteiger partial charge is 0.298 e. The molecule has 112 valence electrons. The van der Waals surface area contributed by atoms with Crippen LogP contribution in [0.4, 0.5) is 0 Å². The third-order valence-electron chi connectivity index (χ3n) is 6.09. The molecule has 0 aromatic heterocycles. The van der Waals surface area contributed by atoms with Crippen molar-refractivity contribution < 1.29 is 4.79 Å². The molecule has 4 saturated carbocycles. The molecule has 4 aliphatic carbocycles. The van der Waals surface area contributed by atoms with Crippen molar-refractivity contribution in [1.29, 1.82) is 0 Å². The maximum absolute atomic E-state index is 12.7.